The number of nitrogens with zero attached hydrogens (tertiary/aromatic N) is 3. The molecule has 116 valence electrons. The van der Waals surface area contributed by atoms with Crippen LogP contribution < -0.4 is 5.32 Å². The third-order valence-corrected chi connectivity index (χ3v) is 4.85. The topological polar surface area (TPSA) is 111 Å². The average molecular weight is 313 g/mol. The largest absolute Gasteiger partial charge is 0.480 e. The Morgan fingerprint density at radius 2 is 2.38 bits per heavy atom. The molecule has 2 amide bonds. The van der Waals surface area contributed by atoms with Gasteiger partial charge in [-0.2, -0.15) is 5.10 Å². The number of carboxylic acid groups (broad SMARTS) is 1. The highest BCUT2D eigenvalue weighted by molar-refractivity contribution is 8.00. The molecular formula is C12H19N5O3S. The van der Waals surface area contributed by atoms with E-state index in [-0.39, 0.29) is 17.3 Å². The summed E-state index contributed by atoms with van der Waals surface area (Å²) >= 11 is 1.51. The molecule has 2 atom stereocenters. The molecule has 8 nitrogen and oxygen atoms in total. The van der Waals surface area contributed by atoms with E-state index < -0.39 is 12.0 Å². The number of amides is 2. The van der Waals surface area contributed by atoms with Crippen LogP contribution in [0.15, 0.2) is 6.33 Å². The van der Waals surface area contributed by atoms with Crippen LogP contribution in [-0.4, -0.2) is 60.9 Å². The molecule has 1 aliphatic heterocycles. The zero-order valence-corrected chi connectivity index (χ0v) is 12.8. The summed E-state index contributed by atoms with van der Waals surface area (Å²) in [5.41, 5.74) is 0. The summed E-state index contributed by atoms with van der Waals surface area (Å²) < 4.78 is 0. The van der Waals surface area contributed by atoms with Crippen LogP contribution in [0, 0.1) is 5.92 Å². The number of rotatable bonds is 5. The van der Waals surface area contributed by atoms with Crippen molar-refractivity contribution in [2.75, 3.05) is 12.3 Å². The molecule has 0 aliphatic carbocycles. The second-order valence-electron chi connectivity index (χ2n) is 5.14. The van der Waals surface area contributed by atoms with Gasteiger partial charge in [-0.25, -0.2) is 14.6 Å². The SMILES string of the molecule is CC(C)C1SCC(C(=O)O)N1C(=O)NCCc1ncn[nH]1. The van der Waals surface area contributed by atoms with Crippen LogP contribution in [0.3, 0.4) is 0 Å². The van der Waals surface area contributed by atoms with Gasteiger partial charge in [-0.15, -0.1) is 11.8 Å². The number of carbonyl (C=O) groups is 2. The Kier molecular flexibility index (Phi) is 5.05. The van der Waals surface area contributed by atoms with Gasteiger partial charge in [0.25, 0.3) is 0 Å². The fraction of sp³-hybridized carbons (Fsp3) is 0.667. The Morgan fingerprint density at radius 3 is 2.95 bits per heavy atom. The zero-order valence-electron chi connectivity index (χ0n) is 11.9. The molecule has 1 aromatic rings. The predicted octanol–water partition coefficient (Wildman–Crippen LogP) is 0.541. The molecule has 2 unspecified atom stereocenters. The zero-order chi connectivity index (χ0) is 15.4. The lowest BCUT2D eigenvalue weighted by molar-refractivity contribution is -0.141. The van der Waals surface area contributed by atoms with Crippen LogP contribution in [0.4, 0.5) is 4.79 Å². The average Bonchev–Trinajstić information content (AvgIpc) is 3.07. The predicted molar refractivity (Wildman–Crippen MR) is 77.8 cm³/mol. The van der Waals surface area contributed by atoms with Gasteiger partial charge in [-0.05, 0) is 5.92 Å². The van der Waals surface area contributed by atoms with Crippen LogP contribution in [0.2, 0.25) is 0 Å². The maximum atomic E-state index is 12.3. The quantitative estimate of drug-likeness (QED) is 0.731. The molecule has 0 saturated carbocycles. The Labute approximate surface area is 126 Å². The Hall–Kier alpha value is -1.77. The summed E-state index contributed by atoms with van der Waals surface area (Å²) in [5, 5.41) is 18.3. The highest BCUT2D eigenvalue weighted by Crippen LogP contribution is 2.33. The lowest BCUT2D eigenvalue weighted by Crippen LogP contribution is -2.51. The first-order chi connectivity index (χ1) is 10.0. The van der Waals surface area contributed by atoms with E-state index in [0.29, 0.717) is 24.5 Å². The fourth-order valence-corrected chi connectivity index (χ4v) is 3.69. The van der Waals surface area contributed by atoms with Gasteiger partial charge in [0.05, 0.1) is 5.37 Å². The third-order valence-electron chi connectivity index (χ3n) is 3.23. The minimum Gasteiger partial charge on any atom is -0.480 e. The molecular weight excluding hydrogens is 294 g/mol. The van der Waals surface area contributed by atoms with E-state index in [1.165, 1.54) is 23.0 Å². The summed E-state index contributed by atoms with van der Waals surface area (Å²) in [5.74, 6) is 0.338. The van der Waals surface area contributed by atoms with E-state index in [1.54, 1.807) is 0 Å². The van der Waals surface area contributed by atoms with Gasteiger partial charge in [-0.3, -0.25) is 10.00 Å². The van der Waals surface area contributed by atoms with Crippen molar-refractivity contribution < 1.29 is 14.7 Å². The third kappa shape index (κ3) is 3.66. The van der Waals surface area contributed by atoms with E-state index in [4.69, 9.17) is 0 Å². The van der Waals surface area contributed by atoms with Crippen LogP contribution in [0.1, 0.15) is 19.7 Å². The lowest BCUT2D eigenvalue weighted by atomic mass is 10.2. The number of aromatic amines is 1. The van der Waals surface area contributed by atoms with Gasteiger partial charge >= 0.3 is 12.0 Å². The van der Waals surface area contributed by atoms with Crippen molar-refractivity contribution in [3.05, 3.63) is 12.2 Å². The maximum absolute atomic E-state index is 12.3. The fourth-order valence-electron chi connectivity index (χ4n) is 2.22. The molecule has 0 spiro atoms. The molecule has 21 heavy (non-hydrogen) atoms. The maximum Gasteiger partial charge on any atom is 0.327 e. The first-order valence-electron chi connectivity index (χ1n) is 6.75. The van der Waals surface area contributed by atoms with Crippen molar-refractivity contribution in [3.8, 4) is 0 Å². The molecule has 1 aliphatic rings. The molecule has 3 N–H and O–H groups in total. The van der Waals surface area contributed by atoms with Crippen molar-refractivity contribution in [2.45, 2.75) is 31.7 Å². The standard InChI is InChI=1S/C12H19N5O3S/c1-7(2)10-17(8(5-21-10)11(18)19)12(20)13-4-3-9-14-6-15-16-9/h6-8,10H,3-5H2,1-2H3,(H,13,20)(H,18,19)(H,14,15,16). The second-order valence-corrected chi connectivity index (χ2v) is 6.29. The molecule has 2 rings (SSSR count). The Morgan fingerprint density at radius 1 is 1.62 bits per heavy atom. The molecule has 0 aromatic carbocycles. The normalized spacial score (nSPS) is 21.8. The van der Waals surface area contributed by atoms with Gasteiger partial charge in [-0.1, -0.05) is 13.8 Å². The molecule has 9 heteroatoms. The number of thioether (sulfide) groups is 1. The number of hydrogen-bond donors (Lipinski definition) is 3. The minimum atomic E-state index is -0.962. The molecule has 2 heterocycles. The summed E-state index contributed by atoms with van der Waals surface area (Å²) in [4.78, 5) is 29.0. The highest BCUT2D eigenvalue weighted by atomic mass is 32.2. The Bertz CT molecular complexity index is 493. The van der Waals surface area contributed by atoms with Crippen molar-refractivity contribution in [3.63, 3.8) is 0 Å². The van der Waals surface area contributed by atoms with Crippen molar-refractivity contribution in [1.82, 2.24) is 25.4 Å². The summed E-state index contributed by atoms with van der Waals surface area (Å²) in [6.45, 7) is 4.35. The van der Waals surface area contributed by atoms with E-state index in [0.717, 1.165) is 0 Å². The number of hydrogen-bond acceptors (Lipinski definition) is 5. The number of urea groups is 1. The van der Waals surface area contributed by atoms with Crippen LogP contribution in [0.25, 0.3) is 0 Å². The van der Waals surface area contributed by atoms with Crippen molar-refractivity contribution in [2.24, 2.45) is 5.92 Å². The number of nitrogens with one attached hydrogen (secondary N) is 2. The van der Waals surface area contributed by atoms with Crippen LogP contribution in [0.5, 0.6) is 0 Å². The molecule has 0 bridgehead atoms. The summed E-state index contributed by atoms with van der Waals surface area (Å²) in [6.07, 6.45) is 1.93. The van der Waals surface area contributed by atoms with Crippen LogP contribution in [-0.2, 0) is 11.2 Å². The highest BCUT2D eigenvalue weighted by Gasteiger charge is 2.42. The minimum absolute atomic E-state index is 0.114. The van der Waals surface area contributed by atoms with E-state index in [1.807, 2.05) is 13.8 Å². The first kappa shape index (κ1) is 15.6. The smallest absolute Gasteiger partial charge is 0.327 e. The number of carboxylic acids is 1. The number of carbonyl (C=O) groups excluding carboxylic acids is 1. The number of aromatic nitrogens is 3. The van der Waals surface area contributed by atoms with Crippen molar-refractivity contribution in [1.29, 1.82) is 0 Å². The number of aliphatic carboxylic acids is 1. The van der Waals surface area contributed by atoms with E-state index >= 15 is 0 Å². The van der Waals surface area contributed by atoms with Gasteiger partial charge in [0, 0.05) is 18.7 Å². The summed E-state index contributed by atoms with van der Waals surface area (Å²) in [6, 6.07) is -1.11. The first-order valence-corrected chi connectivity index (χ1v) is 7.80. The van der Waals surface area contributed by atoms with Gasteiger partial charge < -0.3 is 10.4 Å². The second kappa shape index (κ2) is 6.79. The summed E-state index contributed by atoms with van der Waals surface area (Å²) in [7, 11) is 0. The molecule has 1 saturated heterocycles. The van der Waals surface area contributed by atoms with Gasteiger partial charge in [0.15, 0.2) is 0 Å². The van der Waals surface area contributed by atoms with E-state index in [2.05, 4.69) is 20.5 Å². The number of H-pyrrole nitrogens is 1. The monoisotopic (exact) mass is 313 g/mol. The van der Waals surface area contributed by atoms with Crippen LogP contribution >= 0.6 is 11.8 Å². The van der Waals surface area contributed by atoms with Gasteiger partial charge in [0.2, 0.25) is 0 Å². The van der Waals surface area contributed by atoms with Gasteiger partial charge in [0.1, 0.15) is 18.2 Å². The van der Waals surface area contributed by atoms with E-state index in [9.17, 15) is 14.7 Å². The molecule has 1 aromatic heterocycles. The Balaban J connectivity index is 1.94. The lowest BCUT2D eigenvalue weighted by Gasteiger charge is -2.29. The van der Waals surface area contributed by atoms with Crippen molar-refractivity contribution >= 4 is 23.8 Å². The molecule has 1 fully saturated rings. The molecule has 0 radical (unpaired) electrons.